The molecule has 3 saturated heterocycles. The van der Waals surface area contributed by atoms with Crippen LogP contribution >= 0.6 is 0 Å². The van der Waals surface area contributed by atoms with E-state index in [-0.39, 0.29) is 55.9 Å². The Kier molecular flexibility index (Phi) is 9.04. The van der Waals surface area contributed by atoms with Crippen LogP contribution in [0.2, 0.25) is 0 Å². The van der Waals surface area contributed by atoms with Crippen molar-refractivity contribution < 1.29 is 24.2 Å². The minimum absolute atomic E-state index is 0.0644. The Hall–Kier alpha value is -4.35. The van der Waals surface area contributed by atoms with E-state index >= 15 is 4.79 Å². The van der Waals surface area contributed by atoms with E-state index in [1.54, 1.807) is 31.5 Å². The van der Waals surface area contributed by atoms with Crippen LogP contribution in [0.5, 0.6) is 0 Å². The molecular weight excluding hydrogens is 608 g/mol. The Labute approximate surface area is 281 Å². The number of anilines is 1. The van der Waals surface area contributed by atoms with E-state index in [1.807, 2.05) is 82.3 Å². The van der Waals surface area contributed by atoms with Gasteiger partial charge in [0.2, 0.25) is 17.7 Å². The number of carbonyl (C=O) groups is 3. The van der Waals surface area contributed by atoms with Crippen molar-refractivity contribution in [3.05, 3.63) is 79.9 Å². The molecule has 3 unspecified atom stereocenters. The number of likely N-dealkylation sites (tertiary alicyclic amines) is 1. The van der Waals surface area contributed by atoms with Gasteiger partial charge in [0.25, 0.3) is 0 Å². The minimum atomic E-state index is -1.28. The van der Waals surface area contributed by atoms with Crippen molar-refractivity contribution in [1.82, 2.24) is 24.8 Å². The summed E-state index contributed by atoms with van der Waals surface area (Å²) in [6.07, 6.45) is 4.20. The van der Waals surface area contributed by atoms with Gasteiger partial charge < -0.3 is 24.5 Å². The number of benzene rings is 2. The second-order valence-electron chi connectivity index (χ2n) is 14.1. The van der Waals surface area contributed by atoms with E-state index in [2.05, 4.69) is 23.5 Å². The third-order valence-corrected chi connectivity index (χ3v) is 10.6. The first-order chi connectivity index (χ1) is 23.0. The number of amides is 3. The lowest BCUT2D eigenvalue weighted by atomic mass is 9.62. The average Bonchev–Trinajstić information content (AvgIpc) is 3.75. The lowest BCUT2D eigenvalue weighted by Gasteiger charge is -2.39. The van der Waals surface area contributed by atoms with Gasteiger partial charge in [-0.1, -0.05) is 68.5 Å². The first-order valence-electron chi connectivity index (χ1n) is 16.8. The smallest absolute Gasteiger partial charge is 0.250 e. The van der Waals surface area contributed by atoms with Gasteiger partial charge in [0.1, 0.15) is 23.8 Å². The number of hydrogen-bond donors (Lipinski definition) is 1. The van der Waals surface area contributed by atoms with Gasteiger partial charge in [-0.2, -0.15) is 0 Å². The van der Waals surface area contributed by atoms with E-state index in [0.717, 1.165) is 5.52 Å². The van der Waals surface area contributed by atoms with E-state index in [9.17, 15) is 14.7 Å². The molecule has 1 aromatic heterocycles. The van der Waals surface area contributed by atoms with Crippen molar-refractivity contribution >= 4 is 34.4 Å². The van der Waals surface area contributed by atoms with Crippen LogP contribution in [-0.2, 0) is 25.8 Å². The highest BCUT2D eigenvalue weighted by Crippen LogP contribution is 2.66. The normalized spacial score (nSPS) is 28.1. The van der Waals surface area contributed by atoms with E-state index < -0.39 is 35.1 Å². The molecule has 48 heavy (non-hydrogen) atoms. The number of rotatable bonds is 13. The van der Waals surface area contributed by atoms with Crippen LogP contribution in [0.15, 0.2) is 79.9 Å². The molecule has 1 N–H and O–H groups in total. The van der Waals surface area contributed by atoms with Gasteiger partial charge in [-0.25, -0.2) is 4.68 Å². The van der Waals surface area contributed by atoms with Crippen molar-refractivity contribution in [2.75, 3.05) is 24.6 Å². The fraction of sp³-hybridized carbons (Fsp3) is 0.486. The summed E-state index contributed by atoms with van der Waals surface area (Å²) in [5.74, 6) is -2.72. The second-order valence-corrected chi connectivity index (χ2v) is 14.1. The number of para-hydroxylation sites is 2. The van der Waals surface area contributed by atoms with Crippen LogP contribution < -0.4 is 4.90 Å². The van der Waals surface area contributed by atoms with Crippen molar-refractivity contribution in [1.29, 1.82) is 0 Å². The Morgan fingerprint density at radius 3 is 2.44 bits per heavy atom. The fourth-order valence-electron chi connectivity index (χ4n) is 8.50. The van der Waals surface area contributed by atoms with Crippen molar-refractivity contribution in [3.8, 4) is 0 Å². The molecular formula is C37H46N6O5. The van der Waals surface area contributed by atoms with Crippen LogP contribution in [0.3, 0.4) is 0 Å². The number of aliphatic hydroxyl groups is 1. The molecule has 6 rings (SSSR count). The predicted octanol–water partition coefficient (Wildman–Crippen LogP) is 4.04. The van der Waals surface area contributed by atoms with E-state index in [0.29, 0.717) is 24.0 Å². The number of hydrogen-bond acceptors (Lipinski definition) is 7. The monoisotopic (exact) mass is 654 g/mol. The van der Waals surface area contributed by atoms with Gasteiger partial charge in [-0.15, -0.1) is 18.3 Å². The standard InChI is InChI=1S/C37H46N6O5/c1-7-18-40(23-42-29-17-13-12-16-28(29)38-39-42)35(47)32-37-21-25(5)36(6,48-37)30(31(37)34(46)43(32)27(22-44)20-24(3)4)33(45)41(19-8-2)26-14-10-9-11-15-26/h7-17,24-25,27,30-32,44H,1-2,18-23H2,3-6H3/t25?,27-,30-,31+,32?,36+,37?/m1/s1. The molecule has 3 aromatic rings. The fourth-order valence-corrected chi connectivity index (χ4v) is 8.50. The predicted molar refractivity (Wildman–Crippen MR) is 182 cm³/mol. The zero-order chi connectivity index (χ0) is 34.4. The first-order valence-corrected chi connectivity index (χ1v) is 16.8. The van der Waals surface area contributed by atoms with Crippen LogP contribution in [0, 0.1) is 23.7 Å². The van der Waals surface area contributed by atoms with Gasteiger partial charge in [-0.3, -0.25) is 14.4 Å². The summed E-state index contributed by atoms with van der Waals surface area (Å²) < 4.78 is 8.68. The molecule has 0 radical (unpaired) electrons. The maximum Gasteiger partial charge on any atom is 0.250 e. The molecule has 11 heteroatoms. The highest BCUT2D eigenvalue weighted by atomic mass is 16.5. The maximum atomic E-state index is 15.1. The molecule has 2 aromatic carbocycles. The quantitative estimate of drug-likeness (QED) is 0.276. The average molecular weight is 655 g/mol. The highest BCUT2D eigenvalue weighted by Gasteiger charge is 2.80. The van der Waals surface area contributed by atoms with Crippen molar-refractivity contribution in [2.24, 2.45) is 23.7 Å². The van der Waals surface area contributed by atoms with E-state index in [1.165, 1.54) is 0 Å². The van der Waals surface area contributed by atoms with Gasteiger partial charge in [0.15, 0.2) is 0 Å². The summed E-state index contributed by atoms with van der Waals surface area (Å²) in [7, 11) is 0. The van der Waals surface area contributed by atoms with Gasteiger partial charge in [-0.05, 0) is 55.9 Å². The van der Waals surface area contributed by atoms with Crippen molar-refractivity contribution in [3.63, 3.8) is 0 Å². The van der Waals surface area contributed by atoms with Crippen LogP contribution in [0.1, 0.15) is 40.5 Å². The molecule has 3 aliphatic heterocycles. The number of nitrogens with zero attached hydrogens (tertiary/aromatic N) is 6. The third-order valence-electron chi connectivity index (χ3n) is 10.6. The molecule has 4 heterocycles. The Morgan fingerprint density at radius 1 is 1.08 bits per heavy atom. The first kappa shape index (κ1) is 33.5. The summed E-state index contributed by atoms with van der Waals surface area (Å²) in [5, 5.41) is 19.3. The molecule has 2 bridgehead atoms. The lowest BCUT2D eigenvalue weighted by Crippen LogP contribution is -2.59. The molecule has 3 aliphatic rings. The maximum absolute atomic E-state index is 15.1. The van der Waals surface area contributed by atoms with E-state index in [4.69, 9.17) is 4.74 Å². The molecule has 254 valence electrons. The Balaban J connectivity index is 1.46. The van der Waals surface area contributed by atoms with Crippen LogP contribution in [-0.4, -0.2) is 90.6 Å². The molecule has 3 amide bonds. The summed E-state index contributed by atoms with van der Waals surface area (Å²) in [4.78, 5) is 49.6. The third kappa shape index (κ3) is 5.24. The second kappa shape index (κ2) is 12.9. The molecule has 11 nitrogen and oxygen atoms in total. The topological polar surface area (TPSA) is 121 Å². The summed E-state index contributed by atoms with van der Waals surface area (Å²) in [5.41, 5.74) is -0.145. The number of fused-ring (bicyclic) bond motifs is 2. The number of carbonyl (C=O) groups excluding carboxylic acids is 3. The van der Waals surface area contributed by atoms with Crippen LogP contribution in [0.25, 0.3) is 11.0 Å². The number of aromatic nitrogens is 3. The summed E-state index contributed by atoms with van der Waals surface area (Å²) >= 11 is 0. The largest absolute Gasteiger partial charge is 0.394 e. The zero-order valence-corrected chi connectivity index (χ0v) is 28.2. The molecule has 1 spiro atoms. The molecule has 0 saturated carbocycles. The lowest BCUT2D eigenvalue weighted by molar-refractivity contribution is -0.157. The zero-order valence-electron chi connectivity index (χ0n) is 28.2. The number of aliphatic hydroxyl groups excluding tert-OH is 1. The molecule has 0 aliphatic carbocycles. The SMILES string of the molecule is C=CCN(Cn1nnc2ccccc21)C(=O)C1N([C@@H](CO)CC(C)C)C(=O)[C@@H]2[C@H](C(=O)N(CC=C)c3ccccc3)[C@@]3(C)OC12CC3C. The number of ether oxygens (including phenoxy) is 1. The Bertz CT molecular complexity index is 1710. The highest BCUT2D eigenvalue weighted by molar-refractivity contribution is 6.03. The summed E-state index contributed by atoms with van der Waals surface area (Å²) in [6.45, 7) is 15.9. The van der Waals surface area contributed by atoms with Crippen LogP contribution in [0.4, 0.5) is 5.69 Å². The van der Waals surface area contributed by atoms with Gasteiger partial charge in [0.05, 0.1) is 35.6 Å². The Morgan fingerprint density at radius 2 is 1.77 bits per heavy atom. The summed E-state index contributed by atoms with van der Waals surface area (Å²) in [6, 6.07) is 15.1. The van der Waals surface area contributed by atoms with Gasteiger partial charge in [0, 0.05) is 18.8 Å². The van der Waals surface area contributed by atoms with Gasteiger partial charge >= 0.3 is 0 Å². The van der Waals surface area contributed by atoms with Crippen molar-refractivity contribution in [2.45, 2.75) is 70.5 Å². The minimum Gasteiger partial charge on any atom is -0.394 e. The molecule has 3 fully saturated rings. The molecule has 7 atom stereocenters.